The minimum Gasteiger partial charge on any atom is -0.481 e. The minimum absolute atomic E-state index is 0.159. The van der Waals surface area contributed by atoms with Gasteiger partial charge in [-0.05, 0) is 11.6 Å². The molecular formula is C14H10F3NO2. The van der Waals surface area contributed by atoms with E-state index in [9.17, 15) is 18.0 Å². The Morgan fingerprint density at radius 1 is 1.10 bits per heavy atom. The van der Waals surface area contributed by atoms with Crippen LogP contribution in [0.4, 0.5) is 13.2 Å². The molecule has 0 aliphatic rings. The third-order valence-electron chi connectivity index (χ3n) is 2.66. The second-order valence-electron chi connectivity index (χ2n) is 4.14. The van der Waals surface area contributed by atoms with E-state index in [1.807, 2.05) is 0 Å². The highest BCUT2D eigenvalue weighted by molar-refractivity contribution is 5.71. The lowest BCUT2D eigenvalue weighted by atomic mass is 10.1. The van der Waals surface area contributed by atoms with Crippen molar-refractivity contribution < 1.29 is 23.1 Å². The lowest BCUT2D eigenvalue weighted by molar-refractivity contribution is -0.142. The highest BCUT2D eigenvalue weighted by atomic mass is 19.4. The number of rotatable bonds is 3. The number of carboxylic acid groups (broad SMARTS) is 1. The van der Waals surface area contributed by atoms with Crippen LogP contribution in [-0.2, 0) is 17.4 Å². The van der Waals surface area contributed by atoms with Gasteiger partial charge in [0.1, 0.15) is 5.69 Å². The van der Waals surface area contributed by atoms with Gasteiger partial charge in [0.25, 0.3) is 0 Å². The summed E-state index contributed by atoms with van der Waals surface area (Å²) in [6.45, 7) is 0. The van der Waals surface area contributed by atoms with Crippen LogP contribution in [0, 0.1) is 0 Å². The topological polar surface area (TPSA) is 50.2 Å². The minimum atomic E-state index is -4.68. The Balaban J connectivity index is 2.52. The van der Waals surface area contributed by atoms with E-state index in [0.29, 0.717) is 5.56 Å². The Hall–Kier alpha value is -2.37. The van der Waals surface area contributed by atoms with Gasteiger partial charge in [-0.1, -0.05) is 36.4 Å². The summed E-state index contributed by atoms with van der Waals surface area (Å²) >= 11 is 0. The molecule has 0 spiro atoms. The lowest BCUT2D eigenvalue weighted by Gasteiger charge is -2.12. The first kappa shape index (κ1) is 14.0. The number of halogens is 3. The molecule has 0 aliphatic heterocycles. The molecule has 0 saturated heterocycles. The highest BCUT2D eigenvalue weighted by Crippen LogP contribution is 2.32. The van der Waals surface area contributed by atoms with E-state index in [0.717, 1.165) is 6.07 Å². The fourth-order valence-electron chi connectivity index (χ4n) is 1.81. The molecule has 0 saturated carbocycles. The van der Waals surface area contributed by atoms with E-state index >= 15 is 0 Å². The molecule has 1 aromatic heterocycles. The van der Waals surface area contributed by atoms with Crippen molar-refractivity contribution in [1.29, 1.82) is 0 Å². The van der Waals surface area contributed by atoms with Gasteiger partial charge in [-0.15, -0.1) is 0 Å². The van der Waals surface area contributed by atoms with E-state index in [-0.39, 0.29) is 11.3 Å². The van der Waals surface area contributed by atoms with Crippen LogP contribution in [0.5, 0.6) is 0 Å². The van der Waals surface area contributed by atoms with Crippen LogP contribution in [0.15, 0.2) is 42.5 Å². The molecule has 0 unspecified atom stereocenters. The number of alkyl halides is 3. The third kappa shape index (κ3) is 3.14. The van der Waals surface area contributed by atoms with Crippen molar-refractivity contribution in [3.05, 3.63) is 53.7 Å². The molecular weight excluding hydrogens is 271 g/mol. The van der Waals surface area contributed by atoms with E-state index in [1.165, 1.54) is 6.07 Å². The van der Waals surface area contributed by atoms with Gasteiger partial charge in [0.15, 0.2) is 0 Å². The standard InChI is InChI=1S/C14H10F3NO2/c15-14(16,17)13-10(8-12(19)20)6-7-11(18-13)9-4-2-1-3-5-9/h1-7H,8H2,(H,19,20). The molecule has 20 heavy (non-hydrogen) atoms. The summed E-state index contributed by atoms with van der Waals surface area (Å²) in [6.07, 6.45) is -5.40. The molecule has 1 N–H and O–H groups in total. The highest BCUT2D eigenvalue weighted by Gasteiger charge is 2.36. The van der Waals surface area contributed by atoms with Gasteiger partial charge in [-0.2, -0.15) is 13.2 Å². The van der Waals surface area contributed by atoms with Crippen molar-refractivity contribution in [3.63, 3.8) is 0 Å². The number of aromatic nitrogens is 1. The zero-order valence-electron chi connectivity index (χ0n) is 10.2. The number of pyridine rings is 1. The smallest absolute Gasteiger partial charge is 0.433 e. The van der Waals surface area contributed by atoms with Crippen molar-refractivity contribution in [3.8, 4) is 11.3 Å². The first-order valence-corrected chi connectivity index (χ1v) is 5.72. The Bertz CT molecular complexity index is 624. The summed E-state index contributed by atoms with van der Waals surface area (Å²) in [6, 6.07) is 11.0. The average molecular weight is 281 g/mol. The number of nitrogens with zero attached hydrogens (tertiary/aromatic N) is 1. The van der Waals surface area contributed by atoms with Crippen molar-refractivity contribution in [2.24, 2.45) is 0 Å². The predicted octanol–water partition coefficient (Wildman–Crippen LogP) is 3.39. The molecule has 0 fully saturated rings. The Labute approximate surface area is 112 Å². The van der Waals surface area contributed by atoms with Gasteiger partial charge < -0.3 is 5.11 Å². The summed E-state index contributed by atoms with van der Waals surface area (Å²) in [5, 5.41) is 8.65. The second kappa shape index (κ2) is 5.32. The van der Waals surface area contributed by atoms with Gasteiger partial charge in [-0.25, -0.2) is 4.98 Å². The SMILES string of the molecule is O=C(O)Cc1ccc(-c2ccccc2)nc1C(F)(F)F. The van der Waals surface area contributed by atoms with Crippen molar-refractivity contribution >= 4 is 5.97 Å². The van der Waals surface area contributed by atoms with Gasteiger partial charge in [0.2, 0.25) is 0 Å². The number of carboxylic acids is 1. The number of hydrogen-bond acceptors (Lipinski definition) is 2. The number of benzene rings is 1. The number of aliphatic carboxylic acids is 1. The van der Waals surface area contributed by atoms with Crippen LogP contribution in [0.2, 0.25) is 0 Å². The monoisotopic (exact) mass is 281 g/mol. The Morgan fingerprint density at radius 3 is 2.30 bits per heavy atom. The Kier molecular flexibility index (Phi) is 3.74. The summed E-state index contributed by atoms with van der Waals surface area (Å²) in [5.74, 6) is -1.33. The molecule has 2 aromatic rings. The zero-order chi connectivity index (χ0) is 14.8. The Morgan fingerprint density at radius 2 is 1.75 bits per heavy atom. The molecule has 0 radical (unpaired) electrons. The van der Waals surface area contributed by atoms with Gasteiger partial charge in [0, 0.05) is 5.56 Å². The molecule has 0 amide bonds. The molecule has 0 aliphatic carbocycles. The maximum atomic E-state index is 12.9. The first-order chi connectivity index (χ1) is 9.38. The molecule has 0 bridgehead atoms. The van der Waals surface area contributed by atoms with Crippen LogP contribution >= 0.6 is 0 Å². The van der Waals surface area contributed by atoms with E-state index in [2.05, 4.69) is 4.98 Å². The van der Waals surface area contributed by atoms with E-state index < -0.39 is 24.3 Å². The largest absolute Gasteiger partial charge is 0.481 e. The maximum absolute atomic E-state index is 12.9. The van der Waals surface area contributed by atoms with Crippen LogP contribution in [0.25, 0.3) is 11.3 Å². The van der Waals surface area contributed by atoms with Crippen LogP contribution in [0.3, 0.4) is 0 Å². The zero-order valence-corrected chi connectivity index (χ0v) is 10.2. The maximum Gasteiger partial charge on any atom is 0.433 e. The summed E-state index contributed by atoms with van der Waals surface area (Å²) in [4.78, 5) is 14.2. The van der Waals surface area contributed by atoms with Crippen LogP contribution in [-0.4, -0.2) is 16.1 Å². The van der Waals surface area contributed by atoms with Crippen molar-refractivity contribution in [2.75, 3.05) is 0 Å². The quantitative estimate of drug-likeness (QED) is 0.938. The normalized spacial score (nSPS) is 11.3. The summed E-state index contributed by atoms with van der Waals surface area (Å²) < 4.78 is 38.8. The molecule has 1 heterocycles. The number of hydrogen-bond donors (Lipinski definition) is 1. The molecule has 0 atom stereocenters. The van der Waals surface area contributed by atoms with Crippen LogP contribution in [0.1, 0.15) is 11.3 Å². The van der Waals surface area contributed by atoms with Gasteiger partial charge in [0.05, 0.1) is 12.1 Å². The van der Waals surface area contributed by atoms with Crippen molar-refractivity contribution in [1.82, 2.24) is 4.98 Å². The van der Waals surface area contributed by atoms with Gasteiger partial charge in [-0.3, -0.25) is 4.79 Å². The van der Waals surface area contributed by atoms with Crippen molar-refractivity contribution in [2.45, 2.75) is 12.6 Å². The predicted molar refractivity (Wildman–Crippen MR) is 66.0 cm³/mol. The fraction of sp³-hybridized carbons (Fsp3) is 0.143. The van der Waals surface area contributed by atoms with Gasteiger partial charge >= 0.3 is 12.1 Å². The average Bonchev–Trinajstić information content (AvgIpc) is 2.38. The lowest BCUT2D eigenvalue weighted by Crippen LogP contribution is -2.15. The second-order valence-corrected chi connectivity index (χ2v) is 4.14. The first-order valence-electron chi connectivity index (χ1n) is 5.72. The molecule has 6 heteroatoms. The molecule has 104 valence electrons. The third-order valence-corrected chi connectivity index (χ3v) is 2.66. The summed E-state index contributed by atoms with van der Waals surface area (Å²) in [5.41, 5.74) is -0.794. The van der Waals surface area contributed by atoms with E-state index in [4.69, 9.17) is 5.11 Å². The molecule has 2 rings (SSSR count). The molecule has 3 nitrogen and oxygen atoms in total. The number of carbonyl (C=O) groups is 1. The van der Waals surface area contributed by atoms with Crippen LogP contribution < -0.4 is 0 Å². The van der Waals surface area contributed by atoms with E-state index in [1.54, 1.807) is 30.3 Å². The molecule has 1 aromatic carbocycles. The summed E-state index contributed by atoms with van der Waals surface area (Å²) in [7, 11) is 0. The fourth-order valence-corrected chi connectivity index (χ4v) is 1.81.